The second kappa shape index (κ2) is 7.78. The molecule has 1 unspecified atom stereocenters. The predicted octanol–water partition coefficient (Wildman–Crippen LogP) is 2.17. The maximum absolute atomic E-state index is 5.39. The molecule has 6 heteroatoms. The van der Waals surface area contributed by atoms with Crippen molar-refractivity contribution < 1.29 is 4.74 Å². The summed E-state index contributed by atoms with van der Waals surface area (Å²) in [5.41, 5.74) is 1.09. The highest BCUT2D eigenvalue weighted by atomic mass is 16.5. The van der Waals surface area contributed by atoms with Gasteiger partial charge in [-0.15, -0.1) is 5.10 Å². The molecule has 2 aromatic heterocycles. The van der Waals surface area contributed by atoms with E-state index in [1.807, 2.05) is 12.3 Å². The van der Waals surface area contributed by atoms with E-state index in [0.717, 1.165) is 63.1 Å². The highest BCUT2D eigenvalue weighted by Crippen LogP contribution is 2.24. The van der Waals surface area contributed by atoms with Crippen LogP contribution in [-0.4, -0.2) is 54.6 Å². The molecule has 2 fully saturated rings. The Kier molecular flexibility index (Phi) is 5.06. The summed E-state index contributed by atoms with van der Waals surface area (Å²) in [6, 6.07) is 10.4. The van der Waals surface area contributed by atoms with Gasteiger partial charge in [-0.1, -0.05) is 6.07 Å². The number of nitrogens with zero attached hydrogens (tertiary/aromatic N) is 5. The van der Waals surface area contributed by atoms with Gasteiger partial charge in [-0.05, 0) is 49.4 Å². The molecule has 2 aromatic rings. The Hall–Kier alpha value is -2.21. The van der Waals surface area contributed by atoms with Crippen LogP contribution in [0.4, 0.5) is 11.6 Å². The van der Waals surface area contributed by atoms with E-state index >= 15 is 0 Å². The Bertz CT molecular complexity index is 657. The van der Waals surface area contributed by atoms with E-state index in [1.54, 1.807) is 0 Å². The lowest BCUT2D eigenvalue weighted by molar-refractivity contribution is 0.122. The molecule has 132 valence electrons. The molecule has 0 amide bonds. The van der Waals surface area contributed by atoms with Gasteiger partial charge < -0.3 is 14.5 Å². The van der Waals surface area contributed by atoms with Gasteiger partial charge in [-0.25, -0.2) is 4.98 Å². The van der Waals surface area contributed by atoms with Gasteiger partial charge in [0.15, 0.2) is 5.82 Å². The molecule has 0 spiro atoms. The first-order chi connectivity index (χ1) is 12.4. The summed E-state index contributed by atoms with van der Waals surface area (Å²) >= 11 is 0. The number of anilines is 2. The fourth-order valence-electron chi connectivity index (χ4n) is 3.70. The number of aromatic nitrogens is 3. The Morgan fingerprint density at radius 3 is 2.64 bits per heavy atom. The second-order valence-electron chi connectivity index (χ2n) is 6.83. The molecule has 2 aliphatic rings. The zero-order valence-corrected chi connectivity index (χ0v) is 14.5. The third-order valence-corrected chi connectivity index (χ3v) is 5.03. The quantitative estimate of drug-likeness (QED) is 0.851. The van der Waals surface area contributed by atoms with Crippen LogP contribution in [0, 0.1) is 5.92 Å². The first-order valence-electron chi connectivity index (χ1n) is 9.20. The Labute approximate surface area is 148 Å². The zero-order valence-electron chi connectivity index (χ0n) is 14.5. The number of piperidine rings is 1. The highest BCUT2D eigenvalue weighted by molar-refractivity contribution is 5.39. The molecule has 0 saturated carbocycles. The van der Waals surface area contributed by atoms with Gasteiger partial charge in [0.05, 0.1) is 18.9 Å². The van der Waals surface area contributed by atoms with Crippen molar-refractivity contribution in [2.24, 2.45) is 5.92 Å². The fourth-order valence-corrected chi connectivity index (χ4v) is 3.70. The van der Waals surface area contributed by atoms with Crippen molar-refractivity contribution in [3.05, 3.63) is 42.2 Å². The van der Waals surface area contributed by atoms with Crippen molar-refractivity contribution in [3.63, 3.8) is 0 Å². The number of pyridine rings is 1. The van der Waals surface area contributed by atoms with Crippen LogP contribution in [-0.2, 0) is 11.2 Å². The zero-order chi connectivity index (χ0) is 16.9. The van der Waals surface area contributed by atoms with Gasteiger partial charge in [-0.2, -0.15) is 5.10 Å². The van der Waals surface area contributed by atoms with E-state index in [2.05, 4.69) is 49.2 Å². The number of hydrogen-bond acceptors (Lipinski definition) is 6. The minimum absolute atomic E-state index is 0.610. The van der Waals surface area contributed by atoms with Gasteiger partial charge >= 0.3 is 0 Å². The average molecular weight is 339 g/mol. The van der Waals surface area contributed by atoms with Crippen molar-refractivity contribution in [1.82, 2.24) is 15.2 Å². The summed E-state index contributed by atoms with van der Waals surface area (Å²) in [4.78, 5) is 9.12. The third-order valence-electron chi connectivity index (χ3n) is 5.03. The molecule has 2 aliphatic heterocycles. The molecule has 4 rings (SSSR count). The van der Waals surface area contributed by atoms with Crippen LogP contribution in [0.5, 0.6) is 0 Å². The Morgan fingerprint density at radius 2 is 1.88 bits per heavy atom. The molecular formula is C19H25N5O. The summed E-state index contributed by atoms with van der Waals surface area (Å²) in [6.45, 7) is 5.48. The molecule has 2 saturated heterocycles. The molecule has 0 radical (unpaired) electrons. The topological polar surface area (TPSA) is 54.4 Å². The van der Waals surface area contributed by atoms with Crippen molar-refractivity contribution in [2.45, 2.75) is 19.3 Å². The average Bonchev–Trinajstić information content (AvgIpc) is 2.70. The van der Waals surface area contributed by atoms with E-state index in [1.165, 1.54) is 12.8 Å². The van der Waals surface area contributed by atoms with Crippen LogP contribution in [0.15, 0.2) is 36.5 Å². The molecule has 0 bridgehead atoms. The van der Waals surface area contributed by atoms with Crippen LogP contribution in [0.3, 0.4) is 0 Å². The largest absolute Gasteiger partial charge is 0.378 e. The Morgan fingerprint density at radius 1 is 0.960 bits per heavy atom. The monoisotopic (exact) mass is 339 g/mol. The minimum atomic E-state index is 0.610. The minimum Gasteiger partial charge on any atom is -0.378 e. The third kappa shape index (κ3) is 4.07. The summed E-state index contributed by atoms with van der Waals surface area (Å²) < 4.78 is 5.39. The molecule has 0 aliphatic carbocycles. The van der Waals surface area contributed by atoms with Crippen molar-refractivity contribution in [1.29, 1.82) is 0 Å². The van der Waals surface area contributed by atoms with E-state index < -0.39 is 0 Å². The Balaban J connectivity index is 1.36. The molecule has 4 heterocycles. The molecule has 0 aromatic carbocycles. The smallest absolute Gasteiger partial charge is 0.151 e. The SMILES string of the molecule is c1ccc(N2CCCC(Cc3ccc(N4CCOCC4)nn3)C2)nc1. The first-order valence-corrected chi connectivity index (χ1v) is 9.20. The normalized spacial score (nSPS) is 21.4. The summed E-state index contributed by atoms with van der Waals surface area (Å²) in [5, 5.41) is 8.92. The first kappa shape index (κ1) is 16.3. The highest BCUT2D eigenvalue weighted by Gasteiger charge is 2.22. The standard InChI is InChI=1S/C19H25N5O/c1-2-8-20-18(5-1)24-9-3-4-16(15-24)14-17-6-7-19(22-21-17)23-10-12-25-13-11-23/h1-2,5-8,16H,3-4,9-15H2. The van der Waals surface area contributed by atoms with Crippen LogP contribution in [0.25, 0.3) is 0 Å². The van der Waals surface area contributed by atoms with Crippen LogP contribution < -0.4 is 9.80 Å². The number of ether oxygens (including phenoxy) is 1. The van der Waals surface area contributed by atoms with Crippen LogP contribution >= 0.6 is 0 Å². The summed E-state index contributed by atoms with van der Waals surface area (Å²) in [5.74, 6) is 2.66. The van der Waals surface area contributed by atoms with Gasteiger partial charge in [0.1, 0.15) is 5.82 Å². The molecule has 25 heavy (non-hydrogen) atoms. The predicted molar refractivity (Wildman–Crippen MR) is 97.9 cm³/mol. The lowest BCUT2D eigenvalue weighted by atomic mass is 9.93. The van der Waals surface area contributed by atoms with Crippen molar-refractivity contribution >= 4 is 11.6 Å². The molecule has 1 atom stereocenters. The van der Waals surface area contributed by atoms with Gasteiger partial charge in [0, 0.05) is 32.4 Å². The van der Waals surface area contributed by atoms with Crippen molar-refractivity contribution in [3.8, 4) is 0 Å². The van der Waals surface area contributed by atoms with E-state index in [4.69, 9.17) is 4.74 Å². The molecular weight excluding hydrogens is 314 g/mol. The number of hydrogen-bond donors (Lipinski definition) is 0. The summed E-state index contributed by atoms with van der Waals surface area (Å²) in [7, 11) is 0. The van der Waals surface area contributed by atoms with Gasteiger partial charge in [0.25, 0.3) is 0 Å². The maximum Gasteiger partial charge on any atom is 0.151 e. The number of morpholine rings is 1. The van der Waals surface area contributed by atoms with Crippen molar-refractivity contribution in [2.75, 3.05) is 49.2 Å². The molecule has 0 N–H and O–H groups in total. The summed E-state index contributed by atoms with van der Waals surface area (Å²) in [6.07, 6.45) is 5.31. The van der Waals surface area contributed by atoms with Gasteiger partial charge in [-0.3, -0.25) is 0 Å². The lowest BCUT2D eigenvalue weighted by Crippen LogP contribution is -2.37. The van der Waals surface area contributed by atoms with E-state index in [9.17, 15) is 0 Å². The number of rotatable bonds is 4. The van der Waals surface area contributed by atoms with Crippen LogP contribution in [0.1, 0.15) is 18.5 Å². The second-order valence-corrected chi connectivity index (χ2v) is 6.83. The maximum atomic E-state index is 5.39. The van der Waals surface area contributed by atoms with Gasteiger partial charge in [0.2, 0.25) is 0 Å². The fraction of sp³-hybridized carbons (Fsp3) is 0.526. The van der Waals surface area contributed by atoms with E-state index in [0.29, 0.717) is 5.92 Å². The van der Waals surface area contributed by atoms with Crippen LogP contribution in [0.2, 0.25) is 0 Å². The molecule has 6 nitrogen and oxygen atoms in total. The van der Waals surface area contributed by atoms with E-state index in [-0.39, 0.29) is 0 Å². The lowest BCUT2D eigenvalue weighted by Gasteiger charge is -2.33.